The van der Waals surface area contributed by atoms with Crippen LogP contribution >= 0.6 is 27.5 Å². The van der Waals surface area contributed by atoms with Crippen LogP contribution in [0.2, 0.25) is 5.02 Å². The van der Waals surface area contributed by atoms with E-state index >= 15 is 0 Å². The Labute approximate surface area is 130 Å². The number of nitrogens with one attached hydrogen (secondary N) is 1. The summed E-state index contributed by atoms with van der Waals surface area (Å²) in [6.07, 6.45) is 0.210. The molecule has 0 atom stereocenters. The Balaban J connectivity index is 2.11. The quantitative estimate of drug-likeness (QED) is 0.905. The normalized spacial score (nSPS) is 9.85. The van der Waals surface area contributed by atoms with Gasteiger partial charge < -0.3 is 5.32 Å². The molecule has 0 saturated heterocycles. The van der Waals surface area contributed by atoms with E-state index in [4.69, 9.17) is 16.9 Å². The largest absolute Gasteiger partial charge is 0.325 e. The zero-order chi connectivity index (χ0) is 14.5. The number of hydrogen-bond donors (Lipinski definition) is 1. The molecule has 2 aromatic rings. The van der Waals surface area contributed by atoms with Crippen molar-refractivity contribution in [3.8, 4) is 6.07 Å². The lowest BCUT2D eigenvalue weighted by Gasteiger charge is -2.07. The van der Waals surface area contributed by atoms with Gasteiger partial charge in [-0.05, 0) is 35.9 Å². The molecule has 20 heavy (non-hydrogen) atoms. The van der Waals surface area contributed by atoms with Gasteiger partial charge in [-0.2, -0.15) is 5.26 Å². The Bertz CT molecular complexity index is 695. The molecule has 0 aliphatic heterocycles. The fraction of sp³-hybridized carbons (Fsp3) is 0.0667. The number of hydrogen-bond acceptors (Lipinski definition) is 2. The number of nitrogens with zero attached hydrogens (tertiary/aromatic N) is 1. The van der Waals surface area contributed by atoms with E-state index in [9.17, 15) is 4.79 Å². The van der Waals surface area contributed by atoms with E-state index in [0.717, 1.165) is 10.0 Å². The van der Waals surface area contributed by atoms with Gasteiger partial charge in [0.15, 0.2) is 0 Å². The minimum atomic E-state index is -0.189. The topological polar surface area (TPSA) is 52.9 Å². The predicted molar refractivity (Wildman–Crippen MR) is 82.6 cm³/mol. The second-order valence-corrected chi connectivity index (χ2v) is 5.51. The highest BCUT2D eigenvalue weighted by Gasteiger charge is 2.08. The van der Waals surface area contributed by atoms with Crippen molar-refractivity contribution < 1.29 is 4.79 Å². The number of amides is 1. The van der Waals surface area contributed by atoms with Gasteiger partial charge in [0.2, 0.25) is 5.91 Å². The molecule has 2 rings (SSSR count). The number of carbonyl (C=O) groups excluding carboxylic acids is 1. The van der Waals surface area contributed by atoms with E-state index in [2.05, 4.69) is 21.2 Å². The lowest BCUT2D eigenvalue weighted by atomic mass is 10.1. The van der Waals surface area contributed by atoms with E-state index in [0.29, 0.717) is 16.3 Å². The van der Waals surface area contributed by atoms with Crippen molar-refractivity contribution in [2.45, 2.75) is 6.42 Å². The third kappa shape index (κ3) is 3.83. The molecular weight excluding hydrogens is 340 g/mol. The second kappa shape index (κ2) is 6.56. The van der Waals surface area contributed by atoms with Crippen molar-refractivity contribution in [3.63, 3.8) is 0 Å². The summed E-state index contributed by atoms with van der Waals surface area (Å²) in [6, 6.07) is 14.3. The van der Waals surface area contributed by atoms with Gasteiger partial charge >= 0.3 is 0 Å². The van der Waals surface area contributed by atoms with Crippen LogP contribution in [-0.2, 0) is 11.2 Å². The van der Waals surface area contributed by atoms with Crippen molar-refractivity contribution in [1.29, 1.82) is 5.26 Å². The van der Waals surface area contributed by atoms with E-state index in [1.54, 1.807) is 36.4 Å². The van der Waals surface area contributed by atoms with E-state index in [1.807, 2.05) is 12.1 Å². The van der Waals surface area contributed by atoms with Gasteiger partial charge in [0.25, 0.3) is 0 Å². The summed E-state index contributed by atoms with van der Waals surface area (Å²) in [6.45, 7) is 0. The van der Waals surface area contributed by atoms with Crippen LogP contribution < -0.4 is 5.32 Å². The number of halogens is 2. The van der Waals surface area contributed by atoms with E-state index in [1.165, 1.54) is 0 Å². The van der Waals surface area contributed by atoms with Gasteiger partial charge in [-0.3, -0.25) is 4.79 Å². The Morgan fingerprint density at radius 1 is 1.30 bits per heavy atom. The molecule has 0 unspecified atom stereocenters. The average molecular weight is 350 g/mol. The Hall–Kier alpha value is -1.83. The van der Waals surface area contributed by atoms with Crippen LogP contribution in [0.1, 0.15) is 11.1 Å². The van der Waals surface area contributed by atoms with Crippen molar-refractivity contribution >= 4 is 39.1 Å². The molecule has 3 nitrogen and oxygen atoms in total. The van der Waals surface area contributed by atoms with Crippen LogP contribution in [0, 0.1) is 11.3 Å². The summed E-state index contributed by atoms with van der Waals surface area (Å²) >= 11 is 9.16. The Kier molecular flexibility index (Phi) is 4.78. The van der Waals surface area contributed by atoms with Crippen molar-refractivity contribution in [1.82, 2.24) is 0 Å². The first kappa shape index (κ1) is 14.6. The summed E-state index contributed by atoms with van der Waals surface area (Å²) in [5, 5.41) is 12.4. The summed E-state index contributed by atoms with van der Waals surface area (Å²) < 4.78 is 0.793. The third-order valence-corrected chi connectivity index (χ3v) is 3.36. The zero-order valence-corrected chi connectivity index (χ0v) is 12.7. The zero-order valence-electron chi connectivity index (χ0n) is 10.4. The molecule has 0 radical (unpaired) electrons. The molecule has 0 spiro atoms. The second-order valence-electron chi connectivity index (χ2n) is 4.16. The highest BCUT2D eigenvalue weighted by molar-refractivity contribution is 9.10. The molecule has 2 aromatic carbocycles. The first-order valence-electron chi connectivity index (χ1n) is 5.82. The molecule has 100 valence electrons. The van der Waals surface area contributed by atoms with Gasteiger partial charge in [-0.1, -0.05) is 39.7 Å². The van der Waals surface area contributed by atoms with E-state index in [-0.39, 0.29) is 12.3 Å². The summed E-state index contributed by atoms with van der Waals surface area (Å²) in [7, 11) is 0. The molecule has 0 bridgehead atoms. The van der Waals surface area contributed by atoms with Crippen LogP contribution in [0.3, 0.4) is 0 Å². The molecule has 1 amide bonds. The van der Waals surface area contributed by atoms with Gasteiger partial charge in [-0.25, -0.2) is 0 Å². The minimum absolute atomic E-state index is 0.189. The average Bonchev–Trinajstić information content (AvgIpc) is 2.40. The fourth-order valence-electron chi connectivity index (χ4n) is 1.74. The number of anilines is 1. The monoisotopic (exact) mass is 348 g/mol. The number of nitriles is 1. The van der Waals surface area contributed by atoms with Crippen molar-refractivity contribution in [3.05, 3.63) is 63.1 Å². The Morgan fingerprint density at radius 3 is 2.80 bits per heavy atom. The van der Waals surface area contributed by atoms with E-state index < -0.39 is 0 Å². The first-order chi connectivity index (χ1) is 9.58. The highest BCUT2D eigenvalue weighted by atomic mass is 79.9. The summed E-state index contributed by atoms with van der Waals surface area (Å²) in [4.78, 5) is 12.0. The number of carbonyl (C=O) groups is 1. The third-order valence-electron chi connectivity index (χ3n) is 2.63. The standard InChI is InChI=1S/C15H10BrClN2O/c16-12-4-5-14(11(8-12)9-18)19-15(20)7-10-2-1-3-13(17)6-10/h1-6,8H,7H2,(H,19,20). The maximum atomic E-state index is 12.0. The molecule has 5 heteroatoms. The number of benzene rings is 2. The van der Waals surface area contributed by atoms with Crippen molar-refractivity contribution in [2.24, 2.45) is 0 Å². The van der Waals surface area contributed by atoms with Crippen LogP contribution in [0.25, 0.3) is 0 Å². The van der Waals surface area contributed by atoms with Gasteiger partial charge in [-0.15, -0.1) is 0 Å². The summed E-state index contributed by atoms with van der Waals surface area (Å²) in [5.41, 5.74) is 1.74. The van der Waals surface area contributed by atoms with Crippen molar-refractivity contribution in [2.75, 3.05) is 5.32 Å². The van der Waals surface area contributed by atoms with Crippen LogP contribution in [0.15, 0.2) is 46.9 Å². The Morgan fingerprint density at radius 2 is 2.10 bits per heavy atom. The van der Waals surface area contributed by atoms with Gasteiger partial charge in [0.05, 0.1) is 17.7 Å². The maximum Gasteiger partial charge on any atom is 0.228 e. The van der Waals surface area contributed by atoms with Crippen LogP contribution in [0.5, 0.6) is 0 Å². The smallest absolute Gasteiger partial charge is 0.228 e. The molecule has 0 heterocycles. The van der Waals surface area contributed by atoms with Gasteiger partial charge in [0, 0.05) is 9.50 Å². The maximum absolute atomic E-state index is 12.0. The SMILES string of the molecule is N#Cc1cc(Br)ccc1NC(=O)Cc1cccc(Cl)c1. The molecule has 0 aromatic heterocycles. The lowest BCUT2D eigenvalue weighted by molar-refractivity contribution is -0.115. The summed E-state index contributed by atoms with van der Waals surface area (Å²) in [5.74, 6) is -0.189. The minimum Gasteiger partial charge on any atom is -0.325 e. The molecule has 0 aliphatic rings. The molecular formula is C15H10BrClN2O. The molecule has 0 aliphatic carbocycles. The molecule has 1 N–H and O–H groups in total. The van der Waals surface area contributed by atoms with Crippen LogP contribution in [0.4, 0.5) is 5.69 Å². The predicted octanol–water partition coefficient (Wildman–Crippen LogP) is 4.16. The molecule has 0 saturated carbocycles. The fourth-order valence-corrected chi connectivity index (χ4v) is 2.32. The first-order valence-corrected chi connectivity index (χ1v) is 6.99. The van der Waals surface area contributed by atoms with Crippen LogP contribution in [-0.4, -0.2) is 5.91 Å². The lowest BCUT2D eigenvalue weighted by Crippen LogP contribution is -2.15. The molecule has 0 fully saturated rings. The number of rotatable bonds is 3. The van der Waals surface area contributed by atoms with Gasteiger partial charge in [0.1, 0.15) is 6.07 Å². The highest BCUT2D eigenvalue weighted by Crippen LogP contribution is 2.20.